The zero-order chi connectivity index (χ0) is 21.5. The highest BCUT2D eigenvalue weighted by Gasteiger charge is 2.23. The molecule has 2 N–H and O–H groups in total. The molecule has 0 unspecified atom stereocenters. The molecule has 0 fully saturated rings. The number of ether oxygens (including phenoxy) is 2. The van der Waals surface area contributed by atoms with Gasteiger partial charge in [-0.25, -0.2) is 9.59 Å². The molecule has 7 heteroatoms. The third-order valence-corrected chi connectivity index (χ3v) is 4.52. The molecule has 0 aliphatic rings. The van der Waals surface area contributed by atoms with Crippen LogP contribution in [0.4, 0.5) is 0 Å². The number of phenolic OH excluding ortho intramolecular Hbond substituents is 1. The van der Waals surface area contributed by atoms with Crippen LogP contribution in [0.3, 0.4) is 0 Å². The Balaban J connectivity index is 1.63. The molecule has 0 heterocycles. The Morgan fingerprint density at radius 1 is 0.967 bits per heavy atom. The Morgan fingerprint density at radius 2 is 1.60 bits per heavy atom. The van der Waals surface area contributed by atoms with E-state index < -0.39 is 30.5 Å². The smallest absolute Gasteiger partial charge is 0.342 e. The second-order valence-corrected chi connectivity index (χ2v) is 6.63. The summed E-state index contributed by atoms with van der Waals surface area (Å²) in [7, 11) is 1.23. The first-order chi connectivity index (χ1) is 14.5. The Morgan fingerprint density at radius 3 is 2.27 bits per heavy atom. The molecule has 154 valence electrons. The SMILES string of the molecule is COC(=O)[C@H](Cc1ccccc1)NC(=O)COC(=O)c1cc2ccccc2cc1O. The Hall–Kier alpha value is -3.87. The van der Waals surface area contributed by atoms with Crippen LogP contribution in [-0.4, -0.2) is 42.7 Å². The fraction of sp³-hybridized carbons (Fsp3) is 0.174. The summed E-state index contributed by atoms with van der Waals surface area (Å²) in [5.74, 6) is -2.35. The van der Waals surface area contributed by atoms with E-state index >= 15 is 0 Å². The summed E-state index contributed by atoms with van der Waals surface area (Å²) < 4.78 is 9.76. The van der Waals surface area contributed by atoms with E-state index in [9.17, 15) is 19.5 Å². The molecule has 0 spiro atoms. The molecule has 1 amide bonds. The summed E-state index contributed by atoms with van der Waals surface area (Å²) in [5.41, 5.74) is 0.793. The molecule has 0 saturated carbocycles. The minimum atomic E-state index is -0.919. The van der Waals surface area contributed by atoms with Crippen molar-refractivity contribution >= 4 is 28.6 Å². The van der Waals surface area contributed by atoms with Gasteiger partial charge in [-0.3, -0.25) is 4.79 Å². The van der Waals surface area contributed by atoms with Crippen molar-refractivity contribution in [2.75, 3.05) is 13.7 Å². The number of hydrogen-bond acceptors (Lipinski definition) is 6. The average Bonchev–Trinajstić information content (AvgIpc) is 2.76. The second-order valence-electron chi connectivity index (χ2n) is 6.63. The third kappa shape index (κ3) is 5.14. The minimum absolute atomic E-state index is 0.0460. The Labute approximate surface area is 173 Å². The van der Waals surface area contributed by atoms with E-state index in [4.69, 9.17) is 9.47 Å². The molecule has 0 saturated heterocycles. The van der Waals surface area contributed by atoms with Gasteiger partial charge < -0.3 is 19.9 Å². The molecule has 1 atom stereocenters. The van der Waals surface area contributed by atoms with Crippen molar-refractivity contribution < 1.29 is 29.0 Å². The van der Waals surface area contributed by atoms with Crippen molar-refractivity contribution in [3.8, 4) is 5.75 Å². The number of methoxy groups -OCH3 is 1. The minimum Gasteiger partial charge on any atom is -0.507 e. The number of hydrogen-bond donors (Lipinski definition) is 2. The lowest BCUT2D eigenvalue weighted by Gasteiger charge is -2.16. The van der Waals surface area contributed by atoms with Crippen molar-refractivity contribution in [2.45, 2.75) is 12.5 Å². The largest absolute Gasteiger partial charge is 0.507 e. The van der Waals surface area contributed by atoms with Crippen LogP contribution in [0.5, 0.6) is 5.75 Å². The maximum Gasteiger partial charge on any atom is 0.342 e. The van der Waals surface area contributed by atoms with Gasteiger partial charge in [-0.15, -0.1) is 0 Å². The summed E-state index contributed by atoms with van der Waals surface area (Å²) in [4.78, 5) is 36.6. The average molecular weight is 407 g/mol. The summed E-state index contributed by atoms with van der Waals surface area (Å²) in [6, 6.07) is 18.4. The van der Waals surface area contributed by atoms with Crippen LogP contribution in [0, 0.1) is 0 Å². The maximum absolute atomic E-state index is 12.3. The first-order valence-electron chi connectivity index (χ1n) is 9.28. The fourth-order valence-corrected chi connectivity index (χ4v) is 3.02. The van der Waals surface area contributed by atoms with Crippen molar-refractivity contribution in [1.29, 1.82) is 0 Å². The lowest BCUT2D eigenvalue weighted by Crippen LogP contribution is -2.44. The molecular formula is C23H21NO6. The van der Waals surface area contributed by atoms with Gasteiger partial charge >= 0.3 is 11.9 Å². The number of benzene rings is 3. The fourth-order valence-electron chi connectivity index (χ4n) is 3.02. The van der Waals surface area contributed by atoms with Crippen molar-refractivity contribution in [3.63, 3.8) is 0 Å². The normalized spacial score (nSPS) is 11.5. The first kappa shape index (κ1) is 20.9. The molecule has 0 aromatic heterocycles. The number of phenols is 1. The standard InChI is InChI=1S/C23H21NO6/c1-29-23(28)19(11-15-7-3-2-4-8-15)24-21(26)14-30-22(27)18-12-16-9-5-6-10-17(16)13-20(18)25/h2-10,12-13,19,25H,11,14H2,1H3,(H,24,26)/t19-/m0/s1. The van der Waals surface area contributed by atoms with E-state index in [0.717, 1.165) is 16.3 Å². The number of carbonyl (C=O) groups excluding carboxylic acids is 3. The van der Waals surface area contributed by atoms with Gasteiger partial charge in [0, 0.05) is 6.42 Å². The highest BCUT2D eigenvalue weighted by molar-refractivity contribution is 5.99. The molecule has 3 rings (SSSR count). The van der Waals surface area contributed by atoms with Gasteiger partial charge in [0.15, 0.2) is 6.61 Å². The van der Waals surface area contributed by atoms with Crippen molar-refractivity contribution in [1.82, 2.24) is 5.32 Å². The van der Waals surface area contributed by atoms with E-state index in [1.807, 2.05) is 42.5 Å². The van der Waals surface area contributed by atoms with Crippen LogP contribution in [-0.2, 0) is 25.5 Å². The number of rotatable bonds is 7. The number of esters is 2. The van der Waals surface area contributed by atoms with E-state index in [1.165, 1.54) is 19.2 Å². The first-order valence-corrected chi connectivity index (χ1v) is 9.28. The molecular weight excluding hydrogens is 386 g/mol. The highest BCUT2D eigenvalue weighted by atomic mass is 16.5. The van der Waals surface area contributed by atoms with Crippen molar-refractivity contribution in [2.24, 2.45) is 0 Å². The van der Waals surface area contributed by atoms with Crippen LogP contribution >= 0.6 is 0 Å². The number of amides is 1. The Kier molecular flexibility index (Phi) is 6.64. The molecule has 3 aromatic carbocycles. The monoisotopic (exact) mass is 407 g/mol. The summed E-state index contributed by atoms with van der Waals surface area (Å²) in [6.07, 6.45) is 0.235. The Bertz CT molecular complexity index is 1060. The van der Waals surface area contributed by atoms with E-state index in [2.05, 4.69) is 5.32 Å². The maximum atomic E-state index is 12.3. The molecule has 0 aliphatic carbocycles. The number of nitrogens with one attached hydrogen (secondary N) is 1. The lowest BCUT2D eigenvalue weighted by atomic mass is 10.1. The third-order valence-electron chi connectivity index (χ3n) is 4.52. The van der Waals surface area contributed by atoms with Gasteiger partial charge in [0.05, 0.1) is 7.11 Å². The predicted molar refractivity (Wildman–Crippen MR) is 110 cm³/mol. The van der Waals surface area contributed by atoms with Gasteiger partial charge in [-0.2, -0.15) is 0 Å². The molecule has 0 aliphatic heterocycles. The molecule has 30 heavy (non-hydrogen) atoms. The van der Waals surface area contributed by atoms with Gasteiger partial charge in [0.25, 0.3) is 5.91 Å². The predicted octanol–water partition coefficient (Wildman–Crippen LogP) is 2.60. The second kappa shape index (κ2) is 9.56. The lowest BCUT2D eigenvalue weighted by molar-refractivity contribution is -0.145. The summed E-state index contributed by atoms with van der Waals surface area (Å²) in [5, 5.41) is 14.1. The number of aromatic hydroxyl groups is 1. The van der Waals surface area contributed by atoms with E-state index in [1.54, 1.807) is 12.1 Å². The van der Waals surface area contributed by atoms with Crippen LogP contribution in [0.15, 0.2) is 66.7 Å². The highest BCUT2D eigenvalue weighted by Crippen LogP contribution is 2.25. The van der Waals surface area contributed by atoms with Gasteiger partial charge in [0.1, 0.15) is 17.4 Å². The van der Waals surface area contributed by atoms with Crippen LogP contribution < -0.4 is 5.32 Å². The van der Waals surface area contributed by atoms with Gasteiger partial charge in [0.2, 0.25) is 0 Å². The molecule has 0 radical (unpaired) electrons. The summed E-state index contributed by atoms with van der Waals surface area (Å²) >= 11 is 0. The zero-order valence-electron chi connectivity index (χ0n) is 16.3. The van der Waals surface area contributed by atoms with Crippen LogP contribution in [0.25, 0.3) is 10.8 Å². The number of carbonyl (C=O) groups is 3. The van der Waals surface area contributed by atoms with Crippen molar-refractivity contribution in [3.05, 3.63) is 77.9 Å². The van der Waals surface area contributed by atoms with Gasteiger partial charge in [-0.05, 0) is 28.5 Å². The molecule has 7 nitrogen and oxygen atoms in total. The van der Waals surface area contributed by atoms with Gasteiger partial charge in [-0.1, -0.05) is 54.6 Å². The van der Waals surface area contributed by atoms with E-state index in [-0.39, 0.29) is 17.7 Å². The van der Waals surface area contributed by atoms with Crippen LogP contribution in [0.2, 0.25) is 0 Å². The topological polar surface area (TPSA) is 102 Å². The summed E-state index contributed by atoms with van der Waals surface area (Å²) in [6.45, 7) is -0.604. The molecule has 0 bridgehead atoms. The van der Waals surface area contributed by atoms with E-state index in [0.29, 0.717) is 0 Å². The zero-order valence-corrected chi connectivity index (χ0v) is 16.3. The number of fused-ring (bicyclic) bond motifs is 1. The van der Waals surface area contributed by atoms with Crippen LogP contribution in [0.1, 0.15) is 15.9 Å². The quantitative estimate of drug-likeness (QED) is 0.584. The molecule has 3 aromatic rings.